The Kier molecular flexibility index (Phi) is 4.17. The number of halogens is 2. The molecule has 0 bridgehead atoms. The van der Waals surface area contributed by atoms with Gasteiger partial charge in [-0.1, -0.05) is 42.5 Å². The molecule has 0 unspecified atom stereocenters. The minimum absolute atomic E-state index is 0.0462. The van der Waals surface area contributed by atoms with E-state index in [4.69, 9.17) is 5.14 Å². The maximum Gasteiger partial charge on any atom is 0.238 e. The van der Waals surface area contributed by atoms with Gasteiger partial charge in [0.2, 0.25) is 10.0 Å². The van der Waals surface area contributed by atoms with Gasteiger partial charge in [-0.3, -0.25) is 0 Å². The standard InChI is InChI=1S/C18H13F2NO2S/c19-17-10-15(12-4-2-1-3-5-12)16(11-18(17)20)13-6-8-14(9-7-13)24(21,22)23/h1-11H,(H2,21,22,23). The molecule has 6 heteroatoms. The summed E-state index contributed by atoms with van der Waals surface area (Å²) < 4.78 is 50.1. The first kappa shape index (κ1) is 16.3. The lowest BCUT2D eigenvalue weighted by Crippen LogP contribution is -2.11. The van der Waals surface area contributed by atoms with Crippen molar-refractivity contribution in [2.24, 2.45) is 5.14 Å². The molecule has 3 rings (SSSR count). The fraction of sp³-hybridized carbons (Fsp3) is 0. The van der Waals surface area contributed by atoms with Crippen molar-refractivity contribution in [3.8, 4) is 22.3 Å². The highest BCUT2D eigenvalue weighted by Crippen LogP contribution is 2.34. The molecule has 0 saturated heterocycles. The number of hydrogen-bond donors (Lipinski definition) is 1. The zero-order valence-corrected chi connectivity index (χ0v) is 13.2. The van der Waals surface area contributed by atoms with Crippen molar-refractivity contribution in [2.45, 2.75) is 4.90 Å². The van der Waals surface area contributed by atoms with Gasteiger partial charge in [-0.2, -0.15) is 0 Å². The lowest BCUT2D eigenvalue weighted by molar-refractivity contribution is 0.509. The molecule has 0 amide bonds. The van der Waals surface area contributed by atoms with Crippen LogP contribution in [0.1, 0.15) is 0 Å². The van der Waals surface area contributed by atoms with Crippen LogP contribution >= 0.6 is 0 Å². The molecule has 0 saturated carbocycles. The smallest absolute Gasteiger partial charge is 0.225 e. The predicted molar refractivity (Wildman–Crippen MR) is 88.6 cm³/mol. The topological polar surface area (TPSA) is 60.2 Å². The third kappa shape index (κ3) is 3.20. The fourth-order valence-corrected chi connectivity index (χ4v) is 2.98. The van der Waals surface area contributed by atoms with E-state index in [0.717, 1.165) is 17.7 Å². The number of nitrogens with two attached hydrogens (primary N) is 1. The van der Waals surface area contributed by atoms with Crippen LogP contribution in [0.2, 0.25) is 0 Å². The van der Waals surface area contributed by atoms with Gasteiger partial charge in [-0.15, -0.1) is 0 Å². The zero-order valence-electron chi connectivity index (χ0n) is 12.4. The highest BCUT2D eigenvalue weighted by atomic mass is 32.2. The summed E-state index contributed by atoms with van der Waals surface area (Å²) >= 11 is 0. The first-order valence-corrected chi connectivity index (χ1v) is 8.58. The third-order valence-electron chi connectivity index (χ3n) is 3.64. The maximum atomic E-state index is 13.7. The molecule has 24 heavy (non-hydrogen) atoms. The molecule has 0 heterocycles. The molecule has 0 atom stereocenters. The average Bonchev–Trinajstić information content (AvgIpc) is 2.57. The van der Waals surface area contributed by atoms with Gasteiger partial charge in [0.05, 0.1) is 4.90 Å². The van der Waals surface area contributed by atoms with Crippen LogP contribution in [0, 0.1) is 11.6 Å². The zero-order chi connectivity index (χ0) is 17.3. The molecule has 0 spiro atoms. The highest BCUT2D eigenvalue weighted by Gasteiger charge is 2.14. The Hall–Kier alpha value is -2.57. The second-order valence-corrected chi connectivity index (χ2v) is 6.81. The quantitative estimate of drug-likeness (QED) is 0.781. The SMILES string of the molecule is NS(=O)(=O)c1ccc(-c2cc(F)c(F)cc2-c2ccccc2)cc1. The van der Waals surface area contributed by atoms with Crippen LogP contribution in [-0.4, -0.2) is 8.42 Å². The van der Waals surface area contributed by atoms with Crippen LogP contribution < -0.4 is 5.14 Å². The van der Waals surface area contributed by atoms with E-state index >= 15 is 0 Å². The summed E-state index contributed by atoms with van der Waals surface area (Å²) in [5, 5.41) is 5.07. The third-order valence-corrected chi connectivity index (χ3v) is 4.57. The molecular weight excluding hydrogens is 332 g/mol. The second kappa shape index (κ2) is 6.14. The van der Waals surface area contributed by atoms with Gasteiger partial charge < -0.3 is 0 Å². The highest BCUT2D eigenvalue weighted by molar-refractivity contribution is 7.89. The van der Waals surface area contributed by atoms with Gasteiger partial charge >= 0.3 is 0 Å². The summed E-state index contributed by atoms with van der Waals surface area (Å²) in [5.74, 6) is -1.92. The average molecular weight is 345 g/mol. The number of hydrogen-bond acceptors (Lipinski definition) is 2. The Morgan fingerprint density at radius 1 is 0.708 bits per heavy atom. The van der Waals surface area contributed by atoms with E-state index < -0.39 is 21.7 Å². The largest absolute Gasteiger partial charge is 0.238 e. The van der Waals surface area contributed by atoms with Crippen molar-refractivity contribution < 1.29 is 17.2 Å². The molecule has 0 radical (unpaired) electrons. The maximum absolute atomic E-state index is 13.7. The van der Waals surface area contributed by atoms with Crippen molar-refractivity contribution in [3.63, 3.8) is 0 Å². The molecule has 0 aliphatic rings. The van der Waals surface area contributed by atoms with Gasteiger partial charge in [-0.05, 0) is 46.5 Å². The molecule has 3 aromatic carbocycles. The Bertz CT molecular complexity index is 986. The molecule has 3 aromatic rings. The Balaban J connectivity index is 2.19. The van der Waals surface area contributed by atoms with Crippen molar-refractivity contribution in [1.29, 1.82) is 0 Å². The minimum Gasteiger partial charge on any atom is -0.225 e. The summed E-state index contributed by atoms with van der Waals surface area (Å²) in [4.78, 5) is -0.0462. The lowest BCUT2D eigenvalue weighted by atomic mass is 9.94. The first-order valence-electron chi connectivity index (χ1n) is 7.04. The van der Waals surface area contributed by atoms with Crippen molar-refractivity contribution >= 4 is 10.0 Å². The number of primary sulfonamides is 1. The van der Waals surface area contributed by atoms with Crippen LogP contribution in [0.4, 0.5) is 8.78 Å². The summed E-state index contributed by atoms with van der Waals surface area (Å²) in [6.07, 6.45) is 0. The second-order valence-electron chi connectivity index (χ2n) is 5.25. The van der Waals surface area contributed by atoms with Crippen molar-refractivity contribution in [2.75, 3.05) is 0 Å². The lowest BCUT2D eigenvalue weighted by Gasteiger charge is -2.12. The van der Waals surface area contributed by atoms with Crippen LogP contribution in [-0.2, 0) is 10.0 Å². The summed E-state index contributed by atoms with van der Waals surface area (Å²) in [5.41, 5.74) is 2.25. The normalized spacial score (nSPS) is 11.5. The van der Waals surface area contributed by atoms with Crippen LogP contribution in [0.5, 0.6) is 0 Å². The molecule has 0 aliphatic carbocycles. The van der Waals surface area contributed by atoms with Crippen LogP contribution in [0.15, 0.2) is 71.6 Å². The predicted octanol–water partition coefficient (Wildman–Crippen LogP) is 3.95. The Morgan fingerprint density at radius 3 is 1.62 bits per heavy atom. The minimum atomic E-state index is -3.81. The molecule has 122 valence electrons. The van der Waals surface area contributed by atoms with E-state index in [1.807, 2.05) is 6.07 Å². The van der Waals surface area contributed by atoms with Gasteiger partial charge in [0.15, 0.2) is 11.6 Å². The summed E-state index contributed by atoms with van der Waals surface area (Å²) in [6.45, 7) is 0. The van der Waals surface area contributed by atoms with E-state index in [1.54, 1.807) is 24.3 Å². The van der Waals surface area contributed by atoms with Crippen LogP contribution in [0.25, 0.3) is 22.3 Å². The molecule has 0 aromatic heterocycles. The van der Waals surface area contributed by atoms with Crippen molar-refractivity contribution in [3.05, 3.63) is 78.4 Å². The monoisotopic (exact) mass is 345 g/mol. The van der Waals surface area contributed by atoms with E-state index in [2.05, 4.69) is 0 Å². The van der Waals surface area contributed by atoms with E-state index in [1.165, 1.54) is 24.3 Å². The van der Waals surface area contributed by atoms with Gasteiger partial charge in [0.25, 0.3) is 0 Å². The van der Waals surface area contributed by atoms with Gasteiger partial charge in [0.1, 0.15) is 0 Å². The van der Waals surface area contributed by atoms with E-state index in [-0.39, 0.29) is 4.90 Å². The Labute approximate surface area is 138 Å². The van der Waals surface area contributed by atoms with E-state index in [9.17, 15) is 17.2 Å². The van der Waals surface area contributed by atoms with Gasteiger partial charge in [-0.25, -0.2) is 22.3 Å². The molecular formula is C18H13F2NO2S. The molecule has 3 nitrogen and oxygen atoms in total. The molecule has 2 N–H and O–H groups in total. The van der Waals surface area contributed by atoms with Crippen LogP contribution in [0.3, 0.4) is 0 Å². The van der Waals surface area contributed by atoms with Crippen molar-refractivity contribution in [1.82, 2.24) is 0 Å². The molecule has 0 aliphatic heterocycles. The number of benzene rings is 3. The Morgan fingerprint density at radius 2 is 1.17 bits per heavy atom. The first-order chi connectivity index (χ1) is 11.4. The van der Waals surface area contributed by atoms with E-state index in [0.29, 0.717) is 16.7 Å². The fourth-order valence-electron chi connectivity index (χ4n) is 2.47. The number of rotatable bonds is 3. The number of sulfonamides is 1. The van der Waals surface area contributed by atoms with Gasteiger partial charge in [0, 0.05) is 0 Å². The summed E-state index contributed by atoms with van der Waals surface area (Å²) in [7, 11) is -3.81. The summed E-state index contributed by atoms with van der Waals surface area (Å²) in [6, 6.07) is 16.9. The molecule has 0 fully saturated rings.